The van der Waals surface area contributed by atoms with Gasteiger partial charge in [-0.3, -0.25) is 0 Å². The summed E-state index contributed by atoms with van der Waals surface area (Å²) in [5, 5.41) is 0.827. The molecular weight excluding hydrogens is 256 g/mol. The molecule has 1 saturated heterocycles. The zero-order valence-electron chi connectivity index (χ0n) is 11.7. The van der Waals surface area contributed by atoms with Gasteiger partial charge in [-0.05, 0) is 43.0 Å². The highest BCUT2D eigenvalue weighted by Crippen LogP contribution is 2.23. The van der Waals surface area contributed by atoms with Crippen molar-refractivity contribution in [2.45, 2.75) is 32.2 Å². The van der Waals surface area contributed by atoms with Crippen LogP contribution in [0.25, 0.3) is 0 Å². The summed E-state index contributed by atoms with van der Waals surface area (Å²) in [5.74, 6) is 0.951. The zero-order valence-corrected chi connectivity index (χ0v) is 12.5. The van der Waals surface area contributed by atoms with E-state index >= 15 is 0 Å². The first-order valence-electron chi connectivity index (χ1n) is 7.57. The van der Waals surface area contributed by atoms with Gasteiger partial charge < -0.3 is 9.80 Å². The highest BCUT2D eigenvalue weighted by Gasteiger charge is 2.32. The lowest BCUT2D eigenvalue weighted by molar-refractivity contribution is -0.925. The van der Waals surface area contributed by atoms with Gasteiger partial charge in [-0.2, -0.15) is 0 Å². The first-order chi connectivity index (χ1) is 9.22. The van der Waals surface area contributed by atoms with Crippen molar-refractivity contribution < 1.29 is 4.90 Å². The number of hydrogen-bond donors (Lipinski definition) is 1. The van der Waals surface area contributed by atoms with Gasteiger partial charge in [-0.25, -0.2) is 0 Å². The van der Waals surface area contributed by atoms with Crippen LogP contribution in [0.3, 0.4) is 0 Å². The van der Waals surface area contributed by atoms with E-state index in [2.05, 4.69) is 24.0 Å². The first-order valence-corrected chi connectivity index (χ1v) is 7.95. The molecule has 2 fully saturated rings. The third kappa shape index (κ3) is 3.06. The monoisotopic (exact) mass is 279 g/mol. The summed E-state index contributed by atoms with van der Waals surface area (Å²) >= 11 is 5.95. The van der Waals surface area contributed by atoms with Crippen LogP contribution < -0.4 is 9.80 Å². The molecule has 2 atom stereocenters. The molecule has 1 saturated carbocycles. The maximum Gasteiger partial charge on any atom is 0.0951 e. The molecule has 1 aromatic carbocycles. The Balaban J connectivity index is 1.56. The molecule has 2 nitrogen and oxygen atoms in total. The lowest BCUT2D eigenvalue weighted by Crippen LogP contribution is -3.18. The number of quaternary nitrogens is 1. The Kier molecular flexibility index (Phi) is 3.99. The van der Waals surface area contributed by atoms with Crippen molar-refractivity contribution in [3.05, 3.63) is 29.3 Å². The highest BCUT2D eigenvalue weighted by atomic mass is 35.5. The Morgan fingerprint density at radius 3 is 2.37 bits per heavy atom. The van der Waals surface area contributed by atoms with Crippen molar-refractivity contribution >= 4 is 17.3 Å². The van der Waals surface area contributed by atoms with E-state index in [4.69, 9.17) is 11.6 Å². The van der Waals surface area contributed by atoms with Crippen LogP contribution in [-0.4, -0.2) is 32.2 Å². The molecule has 0 aromatic heterocycles. The summed E-state index contributed by atoms with van der Waals surface area (Å²) in [7, 11) is 0. The fourth-order valence-electron chi connectivity index (χ4n) is 3.69. The van der Waals surface area contributed by atoms with Gasteiger partial charge in [-0.15, -0.1) is 0 Å². The molecule has 0 spiro atoms. The van der Waals surface area contributed by atoms with Crippen molar-refractivity contribution in [1.82, 2.24) is 0 Å². The highest BCUT2D eigenvalue weighted by molar-refractivity contribution is 6.30. The Morgan fingerprint density at radius 2 is 1.79 bits per heavy atom. The standard InChI is InChI=1S/C16H23ClN2/c1-13-2-5-16(12-13)19-10-8-18(9-11-19)15-6-3-14(17)4-7-15/h3-4,6-7,13,16H,2,5,8-12H2,1H3/p+1/t13-,16-/m0/s1. The molecule has 3 rings (SSSR count). The number of nitrogens with one attached hydrogen (secondary N) is 1. The van der Waals surface area contributed by atoms with E-state index in [0.29, 0.717) is 0 Å². The lowest BCUT2D eigenvalue weighted by atomic mass is 10.1. The van der Waals surface area contributed by atoms with Crippen molar-refractivity contribution in [2.24, 2.45) is 5.92 Å². The second-order valence-corrected chi connectivity index (χ2v) is 6.67. The van der Waals surface area contributed by atoms with Gasteiger partial charge >= 0.3 is 0 Å². The lowest BCUT2D eigenvalue weighted by Gasteiger charge is -2.36. The van der Waals surface area contributed by atoms with Crippen molar-refractivity contribution in [2.75, 3.05) is 31.1 Å². The fraction of sp³-hybridized carbons (Fsp3) is 0.625. The third-order valence-corrected chi connectivity index (χ3v) is 5.12. The maximum atomic E-state index is 5.95. The topological polar surface area (TPSA) is 7.68 Å². The van der Waals surface area contributed by atoms with Gasteiger partial charge in [0.05, 0.1) is 32.2 Å². The summed E-state index contributed by atoms with van der Waals surface area (Å²) in [5.41, 5.74) is 1.32. The van der Waals surface area contributed by atoms with E-state index in [1.165, 1.54) is 51.1 Å². The van der Waals surface area contributed by atoms with Crippen LogP contribution >= 0.6 is 11.6 Å². The number of anilines is 1. The molecule has 19 heavy (non-hydrogen) atoms. The van der Waals surface area contributed by atoms with Crippen LogP contribution in [0.4, 0.5) is 5.69 Å². The normalized spacial score (nSPS) is 28.8. The van der Waals surface area contributed by atoms with Crippen molar-refractivity contribution in [1.29, 1.82) is 0 Å². The van der Waals surface area contributed by atoms with E-state index < -0.39 is 0 Å². The van der Waals surface area contributed by atoms with Gasteiger partial charge in [0.2, 0.25) is 0 Å². The minimum absolute atomic E-state index is 0.827. The minimum atomic E-state index is 0.827. The summed E-state index contributed by atoms with van der Waals surface area (Å²) in [6.45, 7) is 7.35. The van der Waals surface area contributed by atoms with Crippen LogP contribution in [0.15, 0.2) is 24.3 Å². The zero-order chi connectivity index (χ0) is 13.2. The van der Waals surface area contributed by atoms with Crippen LogP contribution in [-0.2, 0) is 0 Å². The van der Waals surface area contributed by atoms with Gasteiger partial charge in [0, 0.05) is 17.1 Å². The number of rotatable bonds is 2. The quantitative estimate of drug-likeness (QED) is 0.872. The molecule has 1 aliphatic heterocycles. The Bertz CT molecular complexity index is 409. The molecule has 0 radical (unpaired) electrons. The summed E-state index contributed by atoms with van der Waals surface area (Å²) in [6.07, 6.45) is 4.32. The number of nitrogens with zero attached hydrogens (tertiary/aromatic N) is 1. The second-order valence-electron chi connectivity index (χ2n) is 6.24. The van der Waals surface area contributed by atoms with Gasteiger partial charge in [0.15, 0.2) is 0 Å². The molecule has 1 N–H and O–H groups in total. The molecular formula is C16H24ClN2+. The van der Waals surface area contributed by atoms with Gasteiger partial charge in [-0.1, -0.05) is 18.5 Å². The molecule has 0 bridgehead atoms. The van der Waals surface area contributed by atoms with Crippen LogP contribution in [0.2, 0.25) is 5.02 Å². The van der Waals surface area contributed by atoms with Crippen molar-refractivity contribution in [3.8, 4) is 0 Å². The van der Waals surface area contributed by atoms with Crippen LogP contribution in [0.1, 0.15) is 26.2 Å². The number of halogens is 1. The second kappa shape index (κ2) is 5.72. The average Bonchev–Trinajstić information content (AvgIpc) is 2.87. The van der Waals surface area contributed by atoms with E-state index in [-0.39, 0.29) is 0 Å². The van der Waals surface area contributed by atoms with E-state index in [1.54, 1.807) is 0 Å². The first kappa shape index (κ1) is 13.3. The molecule has 3 heteroatoms. The smallest absolute Gasteiger partial charge is 0.0951 e. The predicted molar refractivity (Wildman–Crippen MR) is 81.2 cm³/mol. The maximum absolute atomic E-state index is 5.95. The summed E-state index contributed by atoms with van der Waals surface area (Å²) in [4.78, 5) is 4.34. The molecule has 1 heterocycles. The fourth-order valence-corrected chi connectivity index (χ4v) is 3.82. The molecule has 1 aliphatic carbocycles. The summed E-state index contributed by atoms with van der Waals surface area (Å²) < 4.78 is 0. The molecule has 0 unspecified atom stereocenters. The Morgan fingerprint density at radius 1 is 1.11 bits per heavy atom. The van der Waals surface area contributed by atoms with Crippen LogP contribution in [0.5, 0.6) is 0 Å². The molecule has 0 amide bonds. The average molecular weight is 280 g/mol. The molecule has 104 valence electrons. The van der Waals surface area contributed by atoms with Crippen LogP contribution in [0, 0.1) is 5.92 Å². The Hall–Kier alpha value is -0.730. The van der Waals surface area contributed by atoms with Crippen molar-refractivity contribution in [3.63, 3.8) is 0 Å². The molecule has 2 aliphatic rings. The summed E-state index contributed by atoms with van der Waals surface area (Å²) in [6, 6.07) is 9.21. The number of piperazine rings is 1. The van der Waals surface area contributed by atoms with E-state index in [9.17, 15) is 0 Å². The van der Waals surface area contributed by atoms with E-state index in [0.717, 1.165) is 17.0 Å². The van der Waals surface area contributed by atoms with Gasteiger partial charge in [0.25, 0.3) is 0 Å². The minimum Gasteiger partial charge on any atom is -0.360 e. The third-order valence-electron chi connectivity index (χ3n) is 4.87. The Labute approximate surface area is 121 Å². The number of hydrogen-bond acceptors (Lipinski definition) is 1. The van der Waals surface area contributed by atoms with E-state index in [1.807, 2.05) is 17.0 Å². The predicted octanol–water partition coefficient (Wildman–Crippen LogP) is 2.23. The number of benzene rings is 1. The largest absolute Gasteiger partial charge is 0.360 e. The van der Waals surface area contributed by atoms with Gasteiger partial charge in [0.1, 0.15) is 0 Å². The molecule has 1 aromatic rings. The SMILES string of the molecule is C[C@H]1CC[C@H]([NH+]2CCN(c3ccc(Cl)cc3)CC2)C1.